The Labute approximate surface area is 182 Å². The number of rotatable bonds is 2. The molecule has 148 valence electrons. The summed E-state index contributed by atoms with van der Waals surface area (Å²) in [6.07, 6.45) is 0. The van der Waals surface area contributed by atoms with E-state index in [-0.39, 0.29) is 0 Å². The molecule has 4 aromatic rings. The Morgan fingerprint density at radius 3 is 1.68 bits per heavy atom. The Kier molecular flexibility index (Phi) is 5.89. The molecule has 0 aliphatic heterocycles. The second-order valence-corrected chi connectivity index (χ2v) is 6.84. The van der Waals surface area contributed by atoms with Crippen molar-refractivity contribution < 1.29 is 4.74 Å². The molecular formula is C28H20N2O. The summed E-state index contributed by atoms with van der Waals surface area (Å²) in [5.74, 6) is 13.9. The second kappa shape index (κ2) is 9.27. The summed E-state index contributed by atoms with van der Waals surface area (Å²) < 4.78 is 6.12. The number of nitrogens with two attached hydrogens (primary N) is 2. The summed E-state index contributed by atoms with van der Waals surface area (Å²) in [6.45, 7) is 0. The topological polar surface area (TPSA) is 61.3 Å². The predicted octanol–water partition coefficient (Wildman–Crippen LogP) is 5.44. The number of benzene rings is 4. The molecule has 0 unspecified atom stereocenters. The lowest BCUT2D eigenvalue weighted by Gasteiger charge is -2.10. The average Bonchev–Trinajstić information content (AvgIpc) is 2.81. The van der Waals surface area contributed by atoms with Crippen LogP contribution < -0.4 is 16.2 Å². The summed E-state index contributed by atoms with van der Waals surface area (Å²) in [4.78, 5) is 0. The minimum atomic E-state index is 0.547. The van der Waals surface area contributed by atoms with E-state index in [2.05, 4.69) is 23.7 Å². The van der Waals surface area contributed by atoms with Gasteiger partial charge in [0.05, 0.1) is 11.1 Å². The molecule has 0 atom stereocenters. The fourth-order valence-electron chi connectivity index (χ4n) is 2.87. The van der Waals surface area contributed by atoms with E-state index in [9.17, 15) is 0 Å². The number of hydrogen-bond donors (Lipinski definition) is 2. The van der Waals surface area contributed by atoms with Crippen LogP contribution >= 0.6 is 0 Å². The van der Waals surface area contributed by atoms with Gasteiger partial charge in [-0.05, 0) is 60.7 Å². The molecule has 0 heterocycles. The monoisotopic (exact) mass is 400 g/mol. The van der Waals surface area contributed by atoms with Gasteiger partial charge in [0.25, 0.3) is 0 Å². The van der Waals surface area contributed by atoms with Crippen LogP contribution in [0.15, 0.2) is 97.1 Å². The van der Waals surface area contributed by atoms with Gasteiger partial charge in [-0.25, -0.2) is 0 Å². The van der Waals surface area contributed by atoms with Crippen molar-refractivity contribution in [2.24, 2.45) is 0 Å². The first-order valence-electron chi connectivity index (χ1n) is 9.78. The van der Waals surface area contributed by atoms with Crippen molar-refractivity contribution in [3.63, 3.8) is 0 Å². The molecular weight excluding hydrogens is 380 g/mol. The van der Waals surface area contributed by atoms with E-state index in [4.69, 9.17) is 16.2 Å². The first kappa shape index (κ1) is 19.7. The zero-order valence-electron chi connectivity index (χ0n) is 16.8. The minimum absolute atomic E-state index is 0.547. The largest absolute Gasteiger partial charge is 0.456 e. The van der Waals surface area contributed by atoms with Gasteiger partial charge >= 0.3 is 0 Å². The molecule has 0 fully saturated rings. The van der Waals surface area contributed by atoms with E-state index < -0.39 is 0 Å². The van der Waals surface area contributed by atoms with Crippen molar-refractivity contribution >= 4 is 11.4 Å². The molecule has 3 heteroatoms. The van der Waals surface area contributed by atoms with E-state index in [1.54, 1.807) is 18.2 Å². The fraction of sp³-hybridized carbons (Fsp3) is 0. The van der Waals surface area contributed by atoms with Crippen LogP contribution in [-0.2, 0) is 0 Å². The van der Waals surface area contributed by atoms with Gasteiger partial charge in [0, 0.05) is 22.5 Å². The Morgan fingerprint density at radius 1 is 0.548 bits per heavy atom. The number of nitrogen functional groups attached to an aromatic ring is 2. The number of hydrogen-bond acceptors (Lipinski definition) is 3. The van der Waals surface area contributed by atoms with E-state index in [0.717, 1.165) is 11.1 Å². The molecule has 3 nitrogen and oxygen atoms in total. The summed E-state index contributed by atoms with van der Waals surface area (Å²) in [5.41, 5.74) is 16.5. The Morgan fingerprint density at radius 2 is 1.10 bits per heavy atom. The minimum Gasteiger partial charge on any atom is -0.456 e. The zero-order chi connectivity index (χ0) is 21.5. The molecule has 0 radical (unpaired) electrons. The molecule has 4 aromatic carbocycles. The third-order valence-electron chi connectivity index (χ3n) is 4.49. The van der Waals surface area contributed by atoms with Crippen LogP contribution in [0.5, 0.6) is 11.5 Å². The number of ether oxygens (including phenoxy) is 1. The van der Waals surface area contributed by atoms with Gasteiger partial charge in [0.15, 0.2) is 0 Å². The highest BCUT2D eigenvalue weighted by molar-refractivity contribution is 5.66. The molecule has 4 rings (SSSR count). The fourth-order valence-corrected chi connectivity index (χ4v) is 2.87. The molecule has 0 spiro atoms. The van der Waals surface area contributed by atoms with Crippen molar-refractivity contribution in [1.29, 1.82) is 0 Å². The molecule has 31 heavy (non-hydrogen) atoms. The maximum atomic E-state index is 6.29. The smallest absolute Gasteiger partial charge is 0.144 e. The SMILES string of the molecule is Nc1ccc(Oc2cc(C#Cc3ccccc3)c(N)cc2C#Cc2ccccc2)cc1. The first-order valence-corrected chi connectivity index (χ1v) is 9.78. The molecule has 4 N–H and O–H groups in total. The highest BCUT2D eigenvalue weighted by Gasteiger charge is 2.09. The van der Waals surface area contributed by atoms with Crippen molar-refractivity contribution in [2.75, 3.05) is 11.5 Å². The molecule has 0 amide bonds. The van der Waals surface area contributed by atoms with Gasteiger partial charge in [-0.15, -0.1) is 0 Å². The van der Waals surface area contributed by atoms with Gasteiger partial charge in [0.2, 0.25) is 0 Å². The van der Waals surface area contributed by atoms with Crippen LogP contribution in [0.1, 0.15) is 22.3 Å². The third kappa shape index (κ3) is 5.26. The highest BCUT2D eigenvalue weighted by Crippen LogP contribution is 2.30. The standard InChI is InChI=1S/C28H20N2O/c29-25-15-17-26(18-16-25)31-28-20-23(13-11-21-7-3-1-4-8-21)27(30)19-24(28)14-12-22-9-5-2-6-10-22/h1-10,15-20H,29-30H2. The van der Waals surface area contributed by atoms with E-state index in [1.807, 2.05) is 78.9 Å². The summed E-state index contributed by atoms with van der Waals surface area (Å²) in [7, 11) is 0. The maximum absolute atomic E-state index is 6.29. The van der Waals surface area contributed by atoms with Crippen LogP contribution in [-0.4, -0.2) is 0 Å². The lowest BCUT2D eigenvalue weighted by Crippen LogP contribution is -1.96. The van der Waals surface area contributed by atoms with Gasteiger partial charge in [-0.1, -0.05) is 60.1 Å². The Hall–Kier alpha value is -4.60. The maximum Gasteiger partial charge on any atom is 0.144 e. The first-order chi connectivity index (χ1) is 15.2. The number of anilines is 2. The Bertz CT molecular complexity index is 1300. The molecule has 0 bridgehead atoms. The zero-order valence-corrected chi connectivity index (χ0v) is 16.8. The Balaban J connectivity index is 1.74. The van der Waals surface area contributed by atoms with Gasteiger partial charge in [0.1, 0.15) is 11.5 Å². The third-order valence-corrected chi connectivity index (χ3v) is 4.49. The lowest BCUT2D eigenvalue weighted by molar-refractivity contribution is 0.481. The highest BCUT2D eigenvalue weighted by atomic mass is 16.5. The van der Waals surface area contributed by atoms with E-state index in [0.29, 0.717) is 34.0 Å². The second-order valence-electron chi connectivity index (χ2n) is 6.84. The van der Waals surface area contributed by atoms with E-state index >= 15 is 0 Å². The van der Waals surface area contributed by atoms with Crippen LogP contribution in [0.4, 0.5) is 11.4 Å². The predicted molar refractivity (Wildman–Crippen MR) is 127 cm³/mol. The van der Waals surface area contributed by atoms with Crippen molar-refractivity contribution in [2.45, 2.75) is 0 Å². The molecule has 0 saturated carbocycles. The van der Waals surface area contributed by atoms with Crippen molar-refractivity contribution in [1.82, 2.24) is 0 Å². The van der Waals surface area contributed by atoms with Crippen molar-refractivity contribution in [3.05, 3.63) is 119 Å². The van der Waals surface area contributed by atoms with Crippen molar-refractivity contribution in [3.8, 4) is 35.2 Å². The van der Waals surface area contributed by atoms with Crippen LogP contribution in [0.25, 0.3) is 0 Å². The summed E-state index contributed by atoms with van der Waals surface area (Å²) >= 11 is 0. The molecule has 0 aromatic heterocycles. The van der Waals surface area contributed by atoms with E-state index in [1.165, 1.54) is 0 Å². The van der Waals surface area contributed by atoms with Gasteiger partial charge in [-0.3, -0.25) is 0 Å². The average molecular weight is 400 g/mol. The lowest BCUT2D eigenvalue weighted by atomic mass is 10.1. The normalized spacial score (nSPS) is 9.68. The molecule has 0 aliphatic carbocycles. The van der Waals surface area contributed by atoms with Crippen LogP contribution in [0.3, 0.4) is 0 Å². The van der Waals surface area contributed by atoms with Crippen LogP contribution in [0.2, 0.25) is 0 Å². The van der Waals surface area contributed by atoms with Crippen LogP contribution in [0, 0.1) is 23.7 Å². The molecule has 0 saturated heterocycles. The van der Waals surface area contributed by atoms with Gasteiger partial charge in [-0.2, -0.15) is 0 Å². The molecule has 0 aliphatic rings. The van der Waals surface area contributed by atoms with Gasteiger partial charge < -0.3 is 16.2 Å². The summed E-state index contributed by atoms with van der Waals surface area (Å²) in [5, 5.41) is 0. The summed E-state index contributed by atoms with van der Waals surface area (Å²) in [6, 6.07) is 30.4. The quantitative estimate of drug-likeness (QED) is 0.348.